The first-order chi connectivity index (χ1) is 6.70. The SMILES string of the molecule is NC(=O)c1nc2ccc(CCl)cc2o1. The summed E-state index contributed by atoms with van der Waals surface area (Å²) in [6.07, 6.45) is 0. The Morgan fingerprint density at radius 3 is 3.00 bits per heavy atom. The van der Waals surface area contributed by atoms with Crippen LogP contribution in [0, 0.1) is 0 Å². The van der Waals surface area contributed by atoms with Crippen LogP contribution in [0.5, 0.6) is 0 Å². The molecule has 14 heavy (non-hydrogen) atoms. The maximum Gasteiger partial charge on any atom is 0.304 e. The number of aromatic nitrogens is 1. The molecule has 0 aliphatic heterocycles. The van der Waals surface area contributed by atoms with Gasteiger partial charge in [0.1, 0.15) is 5.52 Å². The van der Waals surface area contributed by atoms with Crippen LogP contribution in [0.2, 0.25) is 0 Å². The Balaban J connectivity index is 2.60. The summed E-state index contributed by atoms with van der Waals surface area (Å²) in [6, 6.07) is 5.30. The molecule has 0 aliphatic carbocycles. The van der Waals surface area contributed by atoms with Gasteiger partial charge in [-0.15, -0.1) is 11.6 Å². The first kappa shape index (κ1) is 9.02. The van der Waals surface area contributed by atoms with Gasteiger partial charge in [-0.2, -0.15) is 0 Å². The van der Waals surface area contributed by atoms with Gasteiger partial charge in [0.05, 0.1) is 0 Å². The summed E-state index contributed by atoms with van der Waals surface area (Å²) >= 11 is 5.64. The number of nitrogens with two attached hydrogens (primary N) is 1. The fourth-order valence-corrected chi connectivity index (χ4v) is 1.32. The third-order valence-corrected chi connectivity index (χ3v) is 2.13. The lowest BCUT2D eigenvalue weighted by Crippen LogP contribution is -2.10. The zero-order valence-corrected chi connectivity index (χ0v) is 7.91. The van der Waals surface area contributed by atoms with Crippen LogP contribution in [0.4, 0.5) is 0 Å². The Morgan fingerprint density at radius 2 is 2.36 bits per heavy atom. The molecule has 0 radical (unpaired) electrons. The second-order valence-corrected chi connectivity index (χ2v) is 3.09. The lowest BCUT2D eigenvalue weighted by Gasteiger charge is -1.91. The number of fused-ring (bicyclic) bond motifs is 1. The van der Waals surface area contributed by atoms with Crippen molar-refractivity contribution >= 4 is 28.6 Å². The third kappa shape index (κ3) is 1.44. The van der Waals surface area contributed by atoms with Crippen molar-refractivity contribution < 1.29 is 9.21 Å². The number of hydrogen-bond donors (Lipinski definition) is 1. The molecule has 0 saturated heterocycles. The maximum absolute atomic E-state index is 10.8. The average molecular weight is 211 g/mol. The monoisotopic (exact) mass is 210 g/mol. The van der Waals surface area contributed by atoms with Crippen LogP contribution in [0.25, 0.3) is 11.1 Å². The second kappa shape index (κ2) is 3.31. The van der Waals surface area contributed by atoms with Crippen LogP contribution >= 0.6 is 11.6 Å². The molecule has 2 aromatic rings. The first-order valence-electron chi connectivity index (χ1n) is 3.96. The highest BCUT2D eigenvalue weighted by atomic mass is 35.5. The Kier molecular flexibility index (Phi) is 2.13. The largest absolute Gasteiger partial charge is 0.432 e. The molecule has 0 bridgehead atoms. The van der Waals surface area contributed by atoms with Crippen molar-refractivity contribution in [3.63, 3.8) is 0 Å². The number of alkyl halides is 1. The number of hydrogen-bond acceptors (Lipinski definition) is 3. The van der Waals surface area contributed by atoms with E-state index in [4.69, 9.17) is 21.8 Å². The minimum Gasteiger partial charge on any atom is -0.432 e. The standard InChI is InChI=1S/C9H7ClN2O2/c10-4-5-1-2-6-7(3-5)14-9(12-6)8(11)13/h1-3H,4H2,(H2,11,13). The predicted molar refractivity (Wildman–Crippen MR) is 52.1 cm³/mol. The number of primary amides is 1. The van der Waals surface area contributed by atoms with E-state index in [0.29, 0.717) is 17.0 Å². The Morgan fingerprint density at radius 1 is 1.57 bits per heavy atom. The lowest BCUT2D eigenvalue weighted by molar-refractivity contribution is 0.0969. The Labute approximate surface area is 84.7 Å². The number of oxazole rings is 1. The fraction of sp³-hybridized carbons (Fsp3) is 0.111. The molecule has 0 saturated carbocycles. The molecule has 0 spiro atoms. The Hall–Kier alpha value is -1.55. The molecule has 1 aromatic heterocycles. The van der Waals surface area contributed by atoms with Gasteiger partial charge >= 0.3 is 5.91 Å². The summed E-state index contributed by atoms with van der Waals surface area (Å²) in [5.41, 5.74) is 7.06. The van der Waals surface area contributed by atoms with Gasteiger partial charge in [-0.1, -0.05) is 6.07 Å². The molecule has 0 atom stereocenters. The number of carbonyl (C=O) groups is 1. The van der Waals surface area contributed by atoms with Crippen LogP contribution in [-0.4, -0.2) is 10.9 Å². The van der Waals surface area contributed by atoms with Crippen molar-refractivity contribution in [3.05, 3.63) is 29.7 Å². The molecule has 1 amide bonds. The van der Waals surface area contributed by atoms with Gasteiger partial charge < -0.3 is 10.2 Å². The molecule has 2 rings (SSSR count). The van der Waals surface area contributed by atoms with Crippen molar-refractivity contribution in [2.75, 3.05) is 0 Å². The van der Waals surface area contributed by atoms with E-state index in [1.54, 1.807) is 12.1 Å². The van der Waals surface area contributed by atoms with E-state index >= 15 is 0 Å². The van der Waals surface area contributed by atoms with E-state index in [2.05, 4.69) is 4.98 Å². The van der Waals surface area contributed by atoms with Gasteiger partial charge in [-0.25, -0.2) is 4.98 Å². The maximum atomic E-state index is 10.8. The summed E-state index contributed by atoms with van der Waals surface area (Å²) in [6.45, 7) is 0. The zero-order chi connectivity index (χ0) is 10.1. The van der Waals surface area contributed by atoms with E-state index in [0.717, 1.165) is 5.56 Å². The van der Waals surface area contributed by atoms with E-state index in [-0.39, 0.29) is 5.89 Å². The second-order valence-electron chi connectivity index (χ2n) is 2.82. The summed E-state index contributed by atoms with van der Waals surface area (Å²) in [5, 5.41) is 0. The zero-order valence-electron chi connectivity index (χ0n) is 7.16. The summed E-state index contributed by atoms with van der Waals surface area (Å²) in [7, 11) is 0. The average Bonchev–Trinajstić information content (AvgIpc) is 2.59. The van der Waals surface area contributed by atoms with Crippen molar-refractivity contribution in [2.24, 2.45) is 5.73 Å². The Bertz CT molecular complexity index is 493. The van der Waals surface area contributed by atoms with Gasteiger partial charge in [-0.3, -0.25) is 4.79 Å². The van der Waals surface area contributed by atoms with Crippen LogP contribution in [0.1, 0.15) is 16.2 Å². The smallest absolute Gasteiger partial charge is 0.304 e. The predicted octanol–water partition coefficient (Wildman–Crippen LogP) is 1.67. The molecule has 1 aromatic carbocycles. The number of benzene rings is 1. The molecule has 2 N–H and O–H groups in total. The number of carbonyl (C=O) groups excluding carboxylic acids is 1. The van der Waals surface area contributed by atoms with E-state index in [1.807, 2.05) is 6.07 Å². The normalized spacial score (nSPS) is 10.6. The van der Waals surface area contributed by atoms with Crippen molar-refractivity contribution in [2.45, 2.75) is 5.88 Å². The van der Waals surface area contributed by atoms with Crippen LogP contribution in [0.3, 0.4) is 0 Å². The highest BCUT2D eigenvalue weighted by molar-refractivity contribution is 6.17. The van der Waals surface area contributed by atoms with Gasteiger partial charge in [-0.05, 0) is 17.7 Å². The number of nitrogens with zero attached hydrogens (tertiary/aromatic N) is 1. The molecule has 0 aliphatic rings. The van der Waals surface area contributed by atoms with Crippen LogP contribution in [-0.2, 0) is 5.88 Å². The van der Waals surface area contributed by atoms with Gasteiger partial charge in [0.25, 0.3) is 5.89 Å². The molecule has 0 unspecified atom stereocenters. The van der Waals surface area contributed by atoms with Crippen LogP contribution < -0.4 is 5.73 Å². The minimum absolute atomic E-state index is 0.0771. The molecular formula is C9H7ClN2O2. The van der Waals surface area contributed by atoms with Crippen LogP contribution in [0.15, 0.2) is 22.6 Å². The molecule has 72 valence electrons. The highest BCUT2D eigenvalue weighted by Gasteiger charge is 2.10. The molecular weight excluding hydrogens is 204 g/mol. The number of amides is 1. The van der Waals surface area contributed by atoms with E-state index in [9.17, 15) is 4.79 Å². The lowest BCUT2D eigenvalue weighted by atomic mass is 10.2. The first-order valence-corrected chi connectivity index (χ1v) is 4.49. The van der Waals surface area contributed by atoms with Crippen molar-refractivity contribution in [1.29, 1.82) is 0 Å². The van der Waals surface area contributed by atoms with Crippen molar-refractivity contribution in [3.8, 4) is 0 Å². The van der Waals surface area contributed by atoms with Gasteiger partial charge in [0.2, 0.25) is 0 Å². The van der Waals surface area contributed by atoms with E-state index in [1.165, 1.54) is 0 Å². The summed E-state index contributed by atoms with van der Waals surface area (Å²) in [5.74, 6) is -0.358. The van der Waals surface area contributed by atoms with Gasteiger partial charge in [0.15, 0.2) is 5.58 Å². The minimum atomic E-state index is -0.673. The number of halogens is 1. The fourth-order valence-electron chi connectivity index (χ4n) is 1.16. The highest BCUT2D eigenvalue weighted by Crippen LogP contribution is 2.17. The van der Waals surface area contributed by atoms with Crippen molar-refractivity contribution in [1.82, 2.24) is 4.98 Å². The third-order valence-electron chi connectivity index (χ3n) is 1.82. The molecule has 4 nitrogen and oxygen atoms in total. The molecule has 0 fully saturated rings. The molecule has 1 heterocycles. The molecule has 5 heteroatoms. The number of rotatable bonds is 2. The quantitative estimate of drug-likeness (QED) is 0.767. The van der Waals surface area contributed by atoms with Gasteiger partial charge in [0, 0.05) is 5.88 Å². The topological polar surface area (TPSA) is 69.1 Å². The summed E-state index contributed by atoms with van der Waals surface area (Å²) in [4.78, 5) is 14.7. The summed E-state index contributed by atoms with van der Waals surface area (Å²) < 4.78 is 5.13. The van der Waals surface area contributed by atoms with E-state index < -0.39 is 5.91 Å².